The molecule has 23 heavy (non-hydrogen) atoms. The Morgan fingerprint density at radius 2 is 2.30 bits per heavy atom. The number of aromatic nitrogens is 1. The SMILES string of the molecule is CCC[C@]1(CO)CCN(C(=O)c2cccnc2OCC)C[C@H]1O. The van der Waals surface area contributed by atoms with Crippen molar-refractivity contribution in [1.29, 1.82) is 0 Å². The number of hydrogen-bond acceptors (Lipinski definition) is 5. The Hall–Kier alpha value is -1.66. The lowest BCUT2D eigenvalue weighted by molar-refractivity contribution is -0.0713. The van der Waals surface area contributed by atoms with Gasteiger partial charge in [0.1, 0.15) is 5.56 Å². The largest absolute Gasteiger partial charge is 0.477 e. The molecular formula is C17H26N2O4. The second kappa shape index (κ2) is 7.75. The van der Waals surface area contributed by atoms with Gasteiger partial charge in [-0.25, -0.2) is 4.98 Å². The van der Waals surface area contributed by atoms with Gasteiger partial charge in [-0.3, -0.25) is 4.79 Å². The molecule has 1 aromatic heterocycles. The first kappa shape index (κ1) is 17.7. The van der Waals surface area contributed by atoms with E-state index in [9.17, 15) is 15.0 Å². The first-order valence-electron chi connectivity index (χ1n) is 8.24. The fraction of sp³-hybridized carbons (Fsp3) is 0.647. The maximum absolute atomic E-state index is 12.7. The third kappa shape index (κ3) is 3.64. The fourth-order valence-electron chi connectivity index (χ4n) is 3.23. The van der Waals surface area contributed by atoms with Crippen LogP contribution in [0.4, 0.5) is 0 Å². The topological polar surface area (TPSA) is 82.9 Å². The van der Waals surface area contributed by atoms with Crippen molar-refractivity contribution in [2.75, 3.05) is 26.3 Å². The van der Waals surface area contributed by atoms with Gasteiger partial charge >= 0.3 is 0 Å². The van der Waals surface area contributed by atoms with Crippen LogP contribution >= 0.6 is 0 Å². The summed E-state index contributed by atoms with van der Waals surface area (Å²) in [5.74, 6) is 0.130. The molecule has 128 valence electrons. The molecule has 0 unspecified atom stereocenters. The first-order chi connectivity index (χ1) is 11.1. The summed E-state index contributed by atoms with van der Waals surface area (Å²) in [6, 6.07) is 3.39. The number of carbonyl (C=O) groups excluding carboxylic acids is 1. The van der Waals surface area contributed by atoms with Crippen molar-refractivity contribution in [2.45, 2.75) is 39.2 Å². The third-order valence-electron chi connectivity index (χ3n) is 4.61. The highest BCUT2D eigenvalue weighted by Crippen LogP contribution is 2.36. The summed E-state index contributed by atoms with van der Waals surface area (Å²) in [4.78, 5) is 18.5. The van der Waals surface area contributed by atoms with Gasteiger partial charge in [0.05, 0.1) is 19.3 Å². The Labute approximate surface area is 137 Å². The van der Waals surface area contributed by atoms with Crippen molar-refractivity contribution in [1.82, 2.24) is 9.88 Å². The third-order valence-corrected chi connectivity index (χ3v) is 4.61. The number of rotatable bonds is 6. The summed E-state index contributed by atoms with van der Waals surface area (Å²) in [6.45, 7) is 4.99. The van der Waals surface area contributed by atoms with Gasteiger partial charge in [-0.05, 0) is 31.9 Å². The molecule has 1 aromatic rings. The summed E-state index contributed by atoms with van der Waals surface area (Å²) in [7, 11) is 0. The number of piperidine rings is 1. The van der Waals surface area contributed by atoms with Crippen molar-refractivity contribution < 1.29 is 19.7 Å². The van der Waals surface area contributed by atoms with E-state index in [-0.39, 0.29) is 19.1 Å². The van der Waals surface area contributed by atoms with Crippen LogP contribution in [-0.4, -0.2) is 58.4 Å². The van der Waals surface area contributed by atoms with Crippen LogP contribution in [0.3, 0.4) is 0 Å². The van der Waals surface area contributed by atoms with E-state index in [4.69, 9.17) is 4.74 Å². The maximum Gasteiger partial charge on any atom is 0.259 e. The number of ether oxygens (including phenoxy) is 1. The standard InChI is InChI=1S/C17H26N2O4/c1-3-7-17(12-20)8-10-19(11-14(17)21)16(22)13-6-5-9-18-15(13)23-4-2/h5-6,9,14,20-21H,3-4,7-8,10-12H2,1-2H3/t14-,17-/m1/s1. The molecule has 1 fully saturated rings. The number of pyridine rings is 1. The molecule has 6 heteroatoms. The van der Waals surface area contributed by atoms with Crippen LogP contribution in [0.2, 0.25) is 0 Å². The predicted molar refractivity (Wildman–Crippen MR) is 86.4 cm³/mol. The van der Waals surface area contributed by atoms with Gasteiger partial charge in [-0.15, -0.1) is 0 Å². The van der Waals surface area contributed by atoms with Crippen molar-refractivity contribution in [3.8, 4) is 5.88 Å². The molecule has 0 saturated carbocycles. The summed E-state index contributed by atoms with van der Waals surface area (Å²) in [6.07, 6.45) is 3.10. The molecule has 1 amide bonds. The number of nitrogens with zero attached hydrogens (tertiary/aromatic N) is 2. The van der Waals surface area contributed by atoms with Crippen LogP contribution in [0.15, 0.2) is 18.3 Å². The van der Waals surface area contributed by atoms with Gasteiger partial charge in [0.25, 0.3) is 5.91 Å². The van der Waals surface area contributed by atoms with Crippen LogP contribution in [-0.2, 0) is 0 Å². The van der Waals surface area contributed by atoms with Crippen LogP contribution in [0.25, 0.3) is 0 Å². The number of aliphatic hydroxyl groups excluding tert-OH is 2. The highest BCUT2D eigenvalue weighted by Gasteiger charge is 2.42. The molecule has 2 N–H and O–H groups in total. The molecule has 1 saturated heterocycles. The Bertz CT molecular complexity index is 537. The highest BCUT2D eigenvalue weighted by atomic mass is 16.5. The number of carbonyl (C=O) groups is 1. The number of aliphatic hydroxyl groups is 2. The van der Waals surface area contributed by atoms with E-state index < -0.39 is 11.5 Å². The molecule has 2 heterocycles. The van der Waals surface area contributed by atoms with Crippen molar-refractivity contribution in [3.05, 3.63) is 23.9 Å². The number of amides is 1. The van der Waals surface area contributed by atoms with E-state index in [1.54, 1.807) is 23.2 Å². The Kier molecular flexibility index (Phi) is 5.96. The van der Waals surface area contributed by atoms with Gasteiger partial charge in [-0.2, -0.15) is 0 Å². The van der Waals surface area contributed by atoms with Gasteiger partial charge in [0.15, 0.2) is 0 Å². The smallest absolute Gasteiger partial charge is 0.259 e. The minimum absolute atomic E-state index is 0.0544. The molecule has 1 aliphatic rings. The lowest BCUT2D eigenvalue weighted by atomic mass is 9.73. The Morgan fingerprint density at radius 3 is 2.91 bits per heavy atom. The summed E-state index contributed by atoms with van der Waals surface area (Å²) in [5.41, 5.74) is -0.0861. The van der Waals surface area contributed by atoms with Gasteiger partial charge < -0.3 is 19.8 Å². The molecule has 0 bridgehead atoms. The fourth-order valence-corrected chi connectivity index (χ4v) is 3.23. The minimum Gasteiger partial charge on any atom is -0.477 e. The molecular weight excluding hydrogens is 296 g/mol. The first-order valence-corrected chi connectivity index (χ1v) is 8.24. The minimum atomic E-state index is -0.725. The molecule has 2 atom stereocenters. The normalized spacial score (nSPS) is 24.5. The van der Waals surface area contributed by atoms with Gasteiger partial charge in [0.2, 0.25) is 5.88 Å². The summed E-state index contributed by atoms with van der Waals surface area (Å²) >= 11 is 0. The molecule has 1 aliphatic heterocycles. The quantitative estimate of drug-likeness (QED) is 0.828. The second-order valence-electron chi connectivity index (χ2n) is 6.08. The molecule has 0 aromatic carbocycles. The zero-order valence-corrected chi connectivity index (χ0v) is 13.9. The number of likely N-dealkylation sites (tertiary alicyclic amines) is 1. The van der Waals surface area contributed by atoms with Crippen molar-refractivity contribution in [2.24, 2.45) is 5.41 Å². The van der Waals surface area contributed by atoms with E-state index in [0.717, 1.165) is 12.8 Å². The lowest BCUT2D eigenvalue weighted by Crippen LogP contribution is -2.54. The van der Waals surface area contributed by atoms with Gasteiger partial charge in [0, 0.05) is 24.7 Å². The van der Waals surface area contributed by atoms with Gasteiger partial charge in [-0.1, -0.05) is 13.3 Å². The van der Waals surface area contributed by atoms with E-state index in [1.165, 1.54) is 0 Å². The monoisotopic (exact) mass is 322 g/mol. The Morgan fingerprint density at radius 1 is 1.52 bits per heavy atom. The van der Waals surface area contributed by atoms with E-state index in [2.05, 4.69) is 4.98 Å². The summed E-state index contributed by atoms with van der Waals surface area (Å²) in [5, 5.41) is 20.2. The molecule has 0 aliphatic carbocycles. The average molecular weight is 322 g/mol. The lowest BCUT2D eigenvalue weighted by Gasteiger charge is -2.44. The van der Waals surface area contributed by atoms with Crippen LogP contribution < -0.4 is 4.74 Å². The van der Waals surface area contributed by atoms with Crippen molar-refractivity contribution >= 4 is 5.91 Å². The molecule has 0 radical (unpaired) electrons. The van der Waals surface area contributed by atoms with E-state index >= 15 is 0 Å². The number of β-amino-alcohol motifs (C(OH)–C–C–N with tert-alkyl or cyclic N) is 1. The zero-order chi connectivity index (χ0) is 16.9. The summed E-state index contributed by atoms with van der Waals surface area (Å²) < 4.78 is 5.42. The molecule has 0 spiro atoms. The van der Waals surface area contributed by atoms with Crippen LogP contribution in [0.1, 0.15) is 43.5 Å². The van der Waals surface area contributed by atoms with Crippen LogP contribution in [0, 0.1) is 5.41 Å². The number of hydrogen-bond donors (Lipinski definition) is 2. The van der Waals surface area contributed by atoms with Crippen LogP contribution in [0.5, 0.6) is 5.88 Å². The maximum atomic E-state index is 12.7. The van der Waals surface area contributed by atoms with E-state index in [1.807, 2.05) is 13.8 Å². The van der Waals surface area contributed by atoms with Crippen molar-refractivity contribution in [3.63, 3.8) is 0 Å². The highest BCUT2D eigenvalue weighted by molar-refractivity contribution is 5.96. The Balaban J connectivity index is 2.14. The molecule has 6 nitrogen and oxygen atoms in total. The molecule has 2 rings (SSSR count). The average Bonchev–Trinajstić information content (AvgIpc) is 2.57. The second-order valence-corrected chi connectivity index (χ2v) is 6.08. The predicted octanol–water partition coefficient (Wildman–Crippen LogP) is 1.47. The van der Waals surface area contributed by atoms with E-state index in [0.29, 0.717) is 31.0 Å². The zero-order valence-electron chi connectivity index (χ0n) is 13.9.